The number of allylic oxidation sites excluding steroid dienone is 12. The molecule has 0 amide bonds. The molecule has 0 bridgehead atoms. The van der Waals surface area contributed by atoms with Gasteiger partial charge in [-0.05, 0) is 74.1 Å². The van der Waals surface area contributed by atoms with Gasteiger partial charge in [0.05, 0.1) is 0 Å². The van der Waals surface area contributed by atoms with Gasteiger partial charge >= 0.3 is 0 Å². The van der Waals surface area contributed by atoms with Crippen molar-refractivity contribution in [3.8, 4) is 0 Å². The summed E-state index contributed by atoms with van der Waals surface area (Å²) in [6.45, 7) is 10.3. The van der Waals surface area contributed by atoms with Gasteiger partial charge in [0, 0.05) is 24.4 Å². The standard InChI is InChI=1S/C27H31N/c1-6-9-10-11-26-20(4)18-23-19-25(16-17-27(23)26)28(5)24-14-12-22(13-15-24)21(7-2)8-3/h6-12,14-17,19,22H,2,13,18H2,1,3-5H3/b9-6-,11-10-,21-8+. The van der Waals surface area contributed by atoms with Crippen LogP contribution in [0, 0.1) is 5.92 Å². The van der Waals surface area contributed by atoms with Crippen molar-refractivity contribution in [2.24, 2.45) is 5.92 Å². The summed E-state index contributed by atoms with van der Waals surface area (Å²) in [5.74, 6) is 0.443. The van der Waals surface area contributed by atoms with E-state index in [0.717, 1.165) is 12.8 Å². The van der Waals surface area contributed by atoms with E-state index in [-0.39, 0.29) is 0 Å². The van der Waals surface area contributed by atoms with Crippen molar-refractivity contribution in [1.82, 2.24) is 0 Å². The van der Waals surface area contributed by atoms with Gasteiger partial charge in [0.15, 0.2) is 0 Å². The first kappa shape index (κ1) is 19.9. The number of fused-ring (bicyclic) bond motifs is 1. The van der Waals surface area contributed by atoms with Crippen molar-refractivity contribution in [3.05, 3.63) is 107 Å². The highest BCUT2D eigenvalue weighted by molar-refractivity contribution is 5.84. The molecule has 0 saturated carbocycles. The van der Waals surface area contributed by atoms with Crippen molar-refractivity contribution in [2.45, 2.75) is 33.6 Å². The lowest BCUT2D eigenvalue weighted by molar-refractivity contribution is 0.773. The zero-order valence-corrected chi connectivity index (χ0v) is 17.6. The highest BCUT2D eigenvalue weighted by Crippen LogP contribution is 2.36. The highest BCUT2D eigenvalue weighted by atomic mass is 15.1. The average Bonchev–Trinajstić information content (AvgIpc) is 3.03. The summed E-state index contributed by atoms with van der Waals surface area (Å²) in [4.78, 5) is 2.29. The molecule has 0 aliphatic heterocycles. The maximum atomic E-state index is 3.93. The van der Waals surface area contributed by atoms with E-state index in [0.29, 0.717) is 5.92 Å². The second-order valence-corrected chi connectivity index (χ2v) is 7.48. The fourth-order valence-corrected chi connectivity index (χ4v) is 4.04. The molecule has 144 valence electrons. The monoisotopic (exact) mass is 369 g/mol. The summed E-state index contributed by atoms with van der Waals surface area (Å²) >= 11 is 0. The second kappa shape index (κ2) is 8.93. The largest absolute Gasteiger partial charge is 0.345 e. The molecule has 0 aromatic heterocycles. The van der Waals surface area contributed by atoms with E-state index in [2.05, 4.69) is 99.2 Å². The van der Waals surface area contributed by atoms with Crippen molar-refractivity contribution >= 4 is 11.3 Å². The summed E-state index contributed by atoms with van der Waals surface area (Å²) in [6.07, 6.45) is 21.6. The topological polar surface area (TPSA) is 3.24 Å². The van der Waals surface area contributed by atoms with E-state index in [1.54, 1.807) is 0 Å². The molecule has 1 heteroatoms. The van der Waals surface area contributed by atoms with E-state index in [4.69, 9.17) is 0 Å². The van der Waals surface area contributed by atoms with Crippen LogP contribution in [-0.4, -0.2) is 7.05 Å². The summed E-state index contributed by atoms with van der Waals surface area (Å²) in [7, 11) is 2.16. The van der Waals surface area contributed by atoms with Gasteiger partial charge in [0.2, 0.25) is 0 Å². The fraction of sp³-hybridized carbons (Fsp3) is 0.259. The molecule has 0 spiro atoms. The zero-order valence-electron chi connectivity index (χ0n) is 17.6. The Kier molecular flexibility index (Phi) is 6.36. The highest BCUT2D eigenvalue weighted by Gasteiger charge is 2.19. The molecule has 0 heterocycles. The number of nitrogens with zero attached hydrogens (tertiary/aromatic N) is 1. The molecule has 28 heavy (non-hydrogen) atoms. The lowest BCUT2D eigenvalue weighted by Crippen LogP contribution is -2.18. The Bertz CT molecular complexity index is 931. The van der Waals surface area contributed by atoms with Crippen molar-refractivity contribution in [3.63, 3.8) is 0 Å². The maximum Gasteiger partial charge on any atom is 0.0411 e. The number of hydrogen-bond acceptors (Lipinski definition) is 1. The van der Waals surface area contributed by atoms with Gasteiger partial charge in [-0.2, -0.15) is 0 Å². The summed E-state index contributed by atoms with van der Waals surface area (Å²) in [5, 5.41) is 0. The van der Waals surface area contributed by atoms with Crippen LogP contribution in [0.1, 0.15) is 38.3 Å². The normalized spacial score (nSPS) is 19.5. The van der Waals surface area contributed by atoms with Gasteiger partial charge in [0.1, 0.15) is 0 Å². The average molecular weight is 370 g/mol. The third-order valence-electron chi connectivity index (χ3n) is 5.71. The Labute approximate surface area is 170 Å². The van der Waals surface area contributed by atoms with Gasteiger partial charge in [0.25, 0.3) is 0 Å². The first-order valence-corrected chi connectivity index (χ1v) is 10.1. The number of rotatable bonds is 6. The molecule has 0 fully saturated rings. The lowest BCUT2D eigenvalue weighted by Gasteiger charge is -2.25. The van der Waals surface area contributed by atoms with Gasteiger partial charge in [-0.1, -0.05) is 66.8 Å². The quantitative estimate of drug-likeness (QED) is 0.480. The van der Waals surface area contributed by atoms with Crippen LogP contribution in [0.3, 0.4) is 0 Å². The van der Waals surface area contributed by atoms with Gasteiger partial charge in [-0.25, -0.2) is 0 Å². The molecule has 3 rings (SSSR count). The Morgan fingerprint density at radius 2 is 2.04 bits per heavy atom. The van der Waals surface area contributed by atoms with Crippen molar-refractivity contribution in [1.29, 1.82) is 0 Å². The summed E-state index contributed by atoms with van der Waals surface area (Å²) in [6, 6.07) is 6.86. The molecule has 0 saturated heterocycles. The molecule has 1 atom stereocenters. The molecule has 1 nitrogen and oxygen atoms in total. The summed E-state index contributed by atoms with van der Waals surface area (Å²) < 4.78 is 0. The first-order valence-electron chi connectivity index (χ1n) is 10.1. The van der Waals surface area contributed by atoms with Gasteiger partial charge < -0.3 is 4.90 Å². The van der Waals surface area contributed by atoms with Crippen LogP contribution in [0.2, 0.25) is 0 Å². The van der Waals surface area contributed by atoms with Crippen molar-refractivity contribution < 1.29 is 0 Å². The minimum absolute atomic E-state index is 0.443. The van der Waals surface area contributed by atoms with Crippen LogP contribution in [-0.2, 0) is 6.42 Å². The van der Waals surface area contributed by atoms with E-state index in [9.17, 15) is 0 Å². The maximum absolute atomic E-state index is 3.93. The second-order valence-electron chi connectivity index (χ2n) is 7.48. The third-order valence-corrected chi connectivity index (χ3v) is 5.71. The van der Waals surface area contributed by atoms with Crippen molar-refractivity contribution in [2.75, 3.05) is 11.9 Å². The Morgan fingerprint density at radius 1 is 1.21 bits per heavy atom. The van der Waals surface area contributed by atoms with Gasteiger partial charge in [-0.3, -0.25) is 0 Å². The Morgan fingerprint density at radius 3 is 2.68 bits per heavy atom. The lowest BCUT2D eigenvalue weighted by atomic mass is 9.91. The van der Waals surface area contributed by atoms with Crippen LogP contribution in [0.5, 0.6) is 0 Å². The van der Waals surface area contributed by atoms with E-state index >= 15 is 0 Å². The molecule has 1 aromatic carbocycles. The summed E-state index contributed by atoms with van der Waals surface area (Å²) in [5.41, 5.74) is 9.40. The third kappa shape index (κ3) is 4.04. The SMILES string of the molecule is C=C/C(=C\C)C1C=CC(N(C)c2ccc3c(c2)CC(C)=C3/C=C\C=C/C)=CC1. The predicted molar refractivity (Wildman–Crippen MR) is 124 cm³/mol. The minimum Gasteiger partial charge on any atom is -0.345 e. The predicted octanol–water partition coefficient (Wildman–Crippen LogP) is 7.18. The molecule has 1 aromatic rings. The molecular formula is C27H31N. The smallest absolute Gasteiger partial charge is 0.0411 e. The fourth-order valence-electron chi connectivity index (χ4n) is 4.04. The van der Waals surface area contributed by atoms with Gasteiger partial charge in [-0.15, -0.1) is 0 Å². The number of hydrogen-bond donors (Lipinski definition) is 0. The van der Waals surface area contributed by atoms with E-state index in [1.165, 1.54) is 39.2 Å². The molecule has 0 radical (unpaired) electrons. The van der Waals surface area contributed by atoms with E-state index < -0.39 is 0 Å². The van der Waals surface area contributed by atoms with Crippen LogP contribution >= 0.6 is 0 Å². The first-order chi connectivity index (χ1) is 13.6. The molecular weight excluding hydrogens is 338 g/mol. The molecule has 0 N–H and O–H groups in total. The molecule has 2 aliphatic carbocycles. The Hall–Kier alpha value is -2.80. The van der Waals surface area contributed by atoms with Crippen LogP contribution in [0.4, 0.5) is 5.69 Å². The molecule has 2 aliphatic rings. The van der Waals surface area contributed by atoms with E-state index in [1.807, 2.05) is 13.0 Å². The van der Waals surface area contributed by atoms with Crippen LogP contribution in [0.15, 0.2) is 96.3 Å². The van der Waals surface area contributed by atoms with Crippen LogP contribution < -0.4 is 4.90 Å². The molecule has 1 unspecified atom stereocenters. The Balaban J connectivity index is 1.78. The minimum atomic E-state index is 0.443. The number of benzene rings is 1. The number of likely N-dealkylation sites (N-methyl/N-ethyl adjacent to an activating group) is 1. The zero-order chi connectivity index (χ0) is 20.1. The number of anilines is 1. The van der Waals surface area contributed by atoms with Crippen LogP contribution in [0.25, 0.3) is 5.57 Å².